The van der Waals surface area contributed by atoms with Crippen LogP contribution in [-0.4, -0.2) is 11.6 Å². The maximum absolute atomic E-state index is 11.1. The number of carbonyl (C=O) groups is 1. The van der Waals surface area contributed by atoms with Crippen LogP contribution in [0, 0.1) is 24.2 Å². The Morgan fingerprint density at radius 2 is 2.25 bits per heavy atom. The first kappa shape index (κ1) is 11.0. The van der Waals surface area contributed by atoms with Crippen LogP contribution in [0.4, 0.5) is 0 Å². The van der Waals surface area contributed by atoms with E-state index in [1.54, 1.807) is 20.8 Å². The quantitative estimate of drug-likeness (QED) is 0.602. The molecule has 12 heavy (non-hydrogen) atoms. The molecule has 67 valence electrons. The Morgan fingerprint density at radius 3 is 2.58 bits per heavy atom. The number of ether oxygens (including phenoxy) is 1. The fraction of sp³-hybridized carbons (Fsp3) is 0.667. The van der Waals surface area contributed by atoms with Crippen molar-refractivity contribution in [1.82, 2.24) is 0 Å². The molecule has 1 unspecified atom stereocenters. The minimum atomic E-state index is -1.03. The van der Waals surface area contributed by atoms with Crippen LogP contribution in [0.3, 0.4) is 0 Å². The molecule has 1 radical (unpaired) electrons. The van der Waals surface area contributed by atoms with Gasteiger partial charge in [-0.15, -0.1) is 0 Å². The van der Waals surface area contributed by atoms with Crippen molar-refractivity contribution in [1.29, 1.82) is 5.26 Å². The summed E-state index contributed by atoms with van der Waals surface area (Å²) < 4.78 is 4.90. The molecule has 0 N–H and O–H groups in total. The third-order valence-corrected chi connectivity index (χ3v) is 1.46. The Balaban J connectivity index is 4.12. The van der Waals surface area contributed by atoms with Gasteiger partial charge in [0.2, 0.25) is 0 Å². The van der Waals surface area contributed by atoms with E-state index in [2.05, 4.69) is 6.92 Å². The molecule has 0 aromatic carbocycles. The van der Waals surface area contributed by atoms with Crippen LogP contribution in [0.15, 0.2) is 0 Å². The van der Waals surface area contributed by atoms with E-state index < -0.39 is 5.60 Å². The van der Waals surface area contributed by atoms with E-state index in [9.17, 15) is 4.79 Å². The molecule has 0 bridgehead atoms. The normalized spacial score (nSPS) is 13.2. The number of hydrogen-bond acceptors (Lipinski definition) is 3. The Labute approximate surface area is 73.3 Å². The average Bonchev–Trinajstić information content (AvgIpc) is 2.02. The van der Waals surface area contributed by atoms with E-state index in [0.717, 1.165) is 0 Å². The van der Waals surface area contributed by atoms with Crippen molar-refractivity contribution in [2.24, 2.45) is 5.92 Å². The van der Waals surface area contributed by atoms with Crippen LogP contribution < -0.4 is 0 Å². The number of rotatable bonds is 3. The molecule has 3 heteroatoms. The Bertz CT molecular complexity index is 203. The molecular weight excluding hydrogens is 154 g/mol. The standard InChI is InChI=1S/C9H14NO2/c1-5-7(2)8(11)12-9(3,4)6-10/h7H,1,5H2,2-4H3. The van der Waals surface area contributed by atoms with E-state index in [-0.39, 0.29) is 11.9 Å². The van der Waals surface area contributed by atoms with Gasteiger partial charge in [-0.1, -0.05) is 13.8 Å². The van der Waals surface area contributed by atoms with Gasteiger partial charge in [-0.2, -0.15) is 5.26 Å². The summed E-state index contributed by atoms with van der Waals surface area (Å²) >= 11 is 0. The fourth-order valence-corrected chi connectivity index (χ4v) is 0.493. The Hall–Kier alpha value is -1.04. The Kier molecular flexibility index (Phi) is 3.75. The molecule has 3 nitrogen and oxygen atoms in total. The van der Waals surface area contributed by atoms with Gasteiger partial charge in [0.05, 0.1) is 5.92 Å². The minimum Gasteiger partial charge on any atom is -0.444 e. The van der Waals surface area contributed by atoms with Gasteiger partial charge in [-0.05, 0) is 20.3 Å². The van der Waals surface area contributed by atoms with Crippen LogP contribution >= 0.6 is 0 Å². The summed E-state index contributed by atoms with van der Waals surface area (Å²) in [4.78, 5) is 11.1. The molecule has 0 fully saturated rings. The van der Waals surface area contributed by atoms with Crippen molar-refractivity contribution < 1.29 is 9.53 Å². The van der Waals surface area contributed by atoms with E-state index in [0.29, 0.717) is 6.42 Å². The van der Waals surface area contributed by atoms with Crippen molar-refractivity contribution in [2.75, 3.05) is 0 Å². The second-order valence-corrected chi connectivity index (χ2v) is 3.23. The second-order valence-electron chi connectivity index (χ2n) is 3.23. The fourth-order valence-electron chi connectivity index (χ4n) is 0.493. The predicted molar refractivity (Wildman–Crippen MR) is 44.9 cm³/mol. The molecular formula is C9H14NO2. The van der Waals surface area contributed by atoms with E-state index >= 15 is 0 Å². The molecule has 0 aliphatic heterocycles. The molecule has 0 aromatic rings. The van der Waals surface area contributed by atoms with Crippen LogP contribution in [0.2, 0.25) is 0 Å². The summed E-state index contributed by atoms with van der Waals surface area (Å²) in [5.41, 5.74) is -1.03. The zero-order valence-electron chi connectivity index (χ0n) is 7.76. The van der Waals surface area contributed by atoms with Crippen molar-refractivity contribution >= 4 is 5.97 Å². The van der Waals surface area contributed by atoms with Crippen LogP contribution in [-0.2, 0) is 9.53 Å². The Morgan fingerprint density at radius 1 is 1.75 bits per heavy atom. The van der Waals surface area contributed by atoms with Gasteiger partial charge in [0, 0.05) is 0 Å². The molecule has 0 amide bonds. The lowest BCUT2D eigenvalue weighted by molar-refractivity contribution is -0.156. The van der Waals surface area contributed by atoms with Crippen molar-refractivity contribution in [3.05, 3.63) is 6.92 Å². The van der Waals surface area contributed by atoms with E-state index in [4.69, 9.17) is 10.00 Å². The topological polar surface area (TPSA) is 50.1 Å². The molecule has 0 spiro atoms. The number of esters is 1. The predicted octanol–water partition coefficient (Wildman–Crippen LogP) is 1.69. The molecule has 0 aliphatic carbocycles. The zero-order valence-corrected chi connectivity index (χ0v) is 7.76. The first-order valence-corrected chi connectivity index (χ1v) is 3.86. The van der Waals surface area contributed by atoms with Gasteiger partial charge < -0.3 is 4.74 Å². The average molecular weight is 168 g/mol. The first-order chi connectivity index (χ1) is 5.43. The molecule has 1 atom stereocenters. The number of carbonyl (C=O) groups excluding carboxylic acids is 1. The maximum Gasteiger partial charge on any atom is 0.310 e. The summed E-state index contributed by atoms with van der Waals surface area (Å²) in [5, 5.41) is 8.55. The third kappa shape index (κ3) is 3.38. The van der Waals surface area contributed by atoms with Crippen LogP contribution in [0.5, 0.6) is 0 Å². The molecule has 0 aliphatic rings. The summed E-state index contributed by atoms with van der Waals surface area (Å²) in [7, 11) is 0. The monoisotopic (exact) mass is 168 g/mol. The lowest BCUT2D eigenvalue weighted by Gasteiger charge is -2.18. The smallest absolute Gasteiger partial charge is 0.310 e. The zero-order chi connectivity index (χ0) is 9.78. The molecule has 0 saturated heterocycles. The van der Waals surface area contributed by atoms with Crippen molar-refractivity contribution in [3.8, 4) is 6.07 Å². The van der Waals surface area contributed by atoms with Gasteiger partial charge in [0.25, 0.3) is 0 Å². The van der Waals surface area contributed by atoms with Gasteiger partial charge in [-0.25, -0.2) is 0 Å². The molecule has 0 rings (SSSR count). The summed E-state index contributed by atoms with van der Waals surface area (Å²) in [6.45, 7) is 8.42. The number of nitriles is 1. The van der Waals surface area contributed by atoms with Gasteiger partial charge in [0.1, 0.15) is 6.07 Å². The number of nitrogens with zero attached hydrogens (tertiary/aromatic N) is 1. The lowest BCUT2D eigenvalue weighted by Crippen LogP contribution is -2.28. The second kappa shape index (κ2) is 4.10. The highest BCUT2D eigenvalue weighted by Gasteiger charge is 2.24. The van der Waals surface area contributed by atoms with Gasteiger partial charge in [0.15, 0.2) is 5.60 Å². The lowest BCUT2D eigenvalue weighted by atomic mass is 10.1. The highest BCUT2D eigenvalue weighted by molar-refractivity contribution is 5.72. The third-order valence-electron chi connectivity index (χ3n) is 1.46. The van der Waals surface area contributed by atoms with Crippen LogP contribution in [0.1, 0.15) is 27.2 Å². The number of hydrogen-bond donors (Lipinski definition) is 0. The van der Waals surface area contributed by atoms with Crippen LogP contribution in [0.25, 0.3) is 0 Å². The van der Waals surface area contributed by atoms with Crippen molar-refractivity contribution in [2.45, 2.75) is 32.8 Å². The van der Waals surface area contributed by atoms with Crippen molar-refractivity contribution in [3.63, 3.8) is 0 Å². The van der Waals surface area contributed by atoms with Gasteiger partial charge in [-0.3, -0.25) is 4.79 Å². The first-order valence-electron chi connectivity index (χ1n) is 3.86. The summed E-state index contributed by atoms with van der Waals surface area (Å²) in [6.07, 6.45) is 0.486. The van der Waals surface area contributed by atoms with Gasteiger partial charge >= 0.3 is 5.97 Å². The maximum atomic E-state index is 11.1. The summed E-state index contributed by atoms with van der Waals surface area (Å²) in [5.74, 6) is -0.603. The largest absolute Gasteiger partial charge is 0.444 e. The highest BCUT2D eigenvalue weighted by atomic mass is 16.6. The van der Waals surface area contributed by atoms with E-state index in [1.165, 1.54) is 0 Å². The van der Waals surface area contributed by atoms with E-state index in [1.807, 2.05) is 6.07 Å². The molecule has 0 saturated carbocycles. The highest BCUT2D eigenvalue weighted by Crippen LogP contribution is 2.12. The SMILES string of the molecule is [CH2]CC(C)C(=O)OC(C)(C)C#N. The molecule has 0 heterocycles. The summed E-state index contributed by atoms with van der Waals surface area (Å²) in [6, 6.07) is 1.89. The molecule has 0 aromatic heterocycles. The minimum absolute atomic E-state index is 0.238.